The van der Waals surface area contributed by atoms with E-state index in [1.165, 1.54) is 12.1 Å². The Bertz CT molecular complexity index is 801. The van der Waals surface area contributed by atoms with Crippen molar-refractivity contribution in [3.63, 3.8) is 0 Å². The molecule has 2 aliphatic rings. The van der Waals surface area contributed by atoms with Crippen molar-refractivity contribution in [2.45, 2.75) is 38.6 Å². The molecule has 0 bridgehead atoms. The van der Waals surface area contributed by atoms with Gasteiger partial charge in [-0.05, 0) is 30.9 Å². The predicted octanol–water partition coefficient (Wildman–Crippen LogP) is 2.83. The van der Waals surface area contributed by atoms with E-state index in [1.807, 2.05) is 0 Å². The predicted molar refractivity (Wildman–Crippen MR) is 102 cm³/mol. The Morgan fingerprint density at radius 1 is 1.11 bits per heavy atom. The van der Waals surface area contributed by atoms with Crippen LogP contribution in [0.2, 0.25) is 10.0 Å². The van der Waals surface area contributed by atoms with Crippen LogP contribution in [0.3, 0.4) is 0 Å². The van der Waals surface area contributed by atoms with E-state index in [2.05, 4.69) is 12.2 Å². The third-order valence-electron chi connectivity index (χ3n) is 5.12. The third-order valence-corrected chi connectivity index (χ3v) is 5.84. The Balaban J connectivity index is 1.53. The molecule has 0 aromatic heterocycles. The minimum absolute atomic E-state index is 0.0747. The average Bonchev–Trinajstić information content (AvgIpc) is 2.87. The maximum atomic E-state index is 12.4. The lowest BCUT2D eigenvalue weighted by Gasteiger charge is -2.29. The molecule has 7 nitrogen and oxygen atoms in total. The zero-order chi connectivity index (χ0) is 20.4. The number of nitrogens with zero attached hydrogens (tertiary/aromatic N) is 1. The number of rotatable bonds is 5. The molecule has 9 heteroatoms. The van der Waals surface area contributed by atoms with Crippen molar-refractivity contribution < 1.29 is 23.9 Å². The van der Waals surface area contributed by atoms with Crippen LogP contribution in [0.1, 0.15) is 53.3 Å². The third kappa shape index (κ3) is 4.31. The van der Waals surface area contributed by atoms with Gasteiger partial charge in [-0.3, -0.25) is 24.1 Å². The normalized spacial score (nSPS) is 21.5. The van der Waals surface area contributed by atoms with Crippen molar-refractivity contribution >= 4 is 46.9 Å². The summed E-state index contributed by atoms with van der Waals surface area (Å²) in [4.78, 5) is 49.5. The number of hydrogen-bond acceptors (Lipinski definition) is 5. The number of carbonyl (C=O) groups is 4. The molecule has 3 amide bonds. The van der Waals surface area contributed by atoms with E-state index in [9.17, 15) is 19.2 Å². The van der Waals surface area contributed by atoms with Crippen LogP contribution in [0, 0.1) is 5.92 Å². The van der Waals surface area contributed by atoms with Gasteiger partial charge in [-0.15, -0.1) is 0 Å². The maximum Gasteiger partial charge on any atom is 0.326 e. The Morgan fingerprint density at radius 2 is 1.68 bits per heavy atom. The van der Waals surface area contributed by atoms with Crippen LogP contribution in [-0.4, -0.2) is 47.8 Å². The minimum atomic E-state index is -0.849. The summed E-state index contributed by atoms with van der Waals surface area (Å²) in [5, 5.41) is 3.15. The van der Waals surface area contributed by atoms with Crippen LogP contribution in [0.15, 0.2) is 12.1 Å². The zero-order valence-corrected chi connectivity index (χ0v) is 16.8. The number of nitrogens with one attached hydrogen (secondary N) is 1. The first-order chi connectivity index (χ1) is 13.3. The van der Waals surface area contributed by atoms with Crippen molar-refractivity contribution in [2.75, 3.05) is 13.2 Å². The summed E-state index contributed by atoms with van der Waals surface area (Å²) in [5.41, 5.74) is 0.160. The molecule has 1 fully saturated rings. The fourth-order valence-electron chi connectivity index (χ4n) is 3.53. The molecule has 28 heavy (non-hydrogen) atoms. The highest BCUT2D eigenvalue weighted by Crippen LogP contribution is 2.31. The van der Waals surface area contributed by atoms with Crippen LogP contribution in [0.5, 0.6) is 0 Å². The van der Waals surface area contributed by atoms with Gasteiger partial charge in [0.2, 0.25) is 0 Å². The van der Waals surface area contributed by atoms with E-state index in [-0.39, 0.29) is 27.2 Å². The van der Waals surface area contributed by atoms with Gasteiger partial charge in [0.05, 0.1) is 21.2 Å². The zero-order valence-electron chi connectivity index (χ0n) is 15.3. The monoisotopic (exact) mass is 426 g/mol. The molecule has 0 saturated heterocycles. The molecule has 3 rings (SSSR count). The first-order valence-corrected chi connectivity index (χ1v) is 9.83. The Kier molecular flexibility index (Phi) is 6.25. The van der Waals surface area contributed by atoms with Gasteiger partial charge in [0.25, 0.3) is 17.7 Å². The van der Waals surface area contributed by atoms with E-state index >= 15 is 0 Å². The van der Waals surface area contributed by atoms with Gasteiger partial charge >= 0.3 is 5.97 Å². The lowest BCUT2D eigenvalue weighted by molar-refractivity contribution is -0.149. The molecule has 2 unspecified atom stereocenters. The van der Waals surface area contributed by atoms with Gasteiger partial charge in [-0.2, -0.15) is 0 Å². The summed E-state index contributed by atoms with van der Waals surface area (Å²) in [6.07, 6.45) is 4.17. The second kappa shape index (κ2) is 8.49. The summed E-state index contributed by atoms with van der Waals surface area (Å²) in [6, 6.07) is 2.67. The summed E-state index contributed by atoms with van der Waals surface area (Å²) < 4.78 is 4.94. The lowest BCUT2D eigenvalue weighted by Crippen LogP contribution is -2.43. The molecule has 150 valence electrons. The topological polar surface area (TPSA) is 92.8 Å². The number of benzene rings is 1. The van der Waals surface area contributed by atoms with Crippen molar-refractivity contribution in [2.24, 2.45) is 5.92 Å². The highest BCUT2D eigenvalue weighted by Gasteiger charge is 2.38. The summed E-state index contributed by atoms with van der Waals surface area (Å²) in [5.74, 6) is -2.18. The maximum absolute atomic E-state index is 12.4. The number of imide groups is 1. The minimum Gasteiger partial charge on any atom is -0.454 e. The first-order valence-electron chi connectivity index (χ1n) is 9.08. The van der Waals surface area contributed by atoms with E-state index in [1.54, 1.807) is 0 Å². The van der Waals surface area contributed by atoms with E-state index < -0.39 is 36.8 Å². The van der Waals surface area contributed by atoms with Crippen molar-refractivity contribution in [1.82, 2.24) is 10.2 Å². The molecule has 1 aliphatic heterocycles. The van der Waals surface area contributed by atoms with Gasteiger partial charge < -0.3 is 10.1 Å². The summed E-state index contributed by atoms with van der Waals surface area (Å²) in [6.45, 7) is 1.04. The van der Waals surface area contributed by atoms with Crippen molar-refractivity contribution in [3.05, 3.63) is 33.3 Å². The average molecular weight is 427 g/mol. The number of amides is 3. The number of esters is 1. The van der Waals surface area contributed by atoms with Crippen LogP contribution in [0.4, 0.5) is 0 Å². The molecular weight excluding hydrogens is 407 g/mol. The lowest BCUT2D eigenvalue weighted by atomic mass is 9.86. The largest absolute Gasteiger partial charge is 0.454 e. The van der Waals surface area contributed by atoms with Crippen LogP contribution >= 0.6 is 23.2 Å². The summed E-state index contributed by atoms with van der Waals surface area (Å²) in [7, 11) is 0. The molecule has 1 aliphatic carbocycles. The van der Waals surface area contributed by atoms with Crippen LogP contribution in [0.25, 0.3) is 0 Å². The highest BCUT2D eigenvalue weighted by molar-refractivity contribution is 6.43. The molecule has 1 saturated carbocycles. The molecule has 1 aromatic rings. The first kappa shape index (κ1) is 20.6. The number of fused-ring (bicyclic) bond motifs is 1. The fourth-order valence-corrected chi connectivity index (χ4v) is 3.85. The van der Waals surface area contributed by atoms with Crippen molar-refractivity contribution in [3.8, 4) is 0 Å². The van der Waals surface area contributed by atoms with Crippen LogP contribution in [-0.2, 0) is 14.3 Å². The van der Waals surface area contributed by atoms with Gasteiger partial charge in [0.15, 0.2) is 6.61 Å². The van der Waals surface area contributed by atoms with Gasteiger partial charge in [-0.25, -0.2) is 0 Å². The van der Waals surface area contributed by atoms with E-state index in [0.717, 1.165) is 30.6 Å². The van der Waals surface area contributed by atoms with Gasteiger partial charge in [0, 0.05) is 6.04 Å². The fraction of sp³-hybridized carbons (Fsp3) is 0.474. The molecule has 1 heterocycles. The molecule has 0 spiro atoms. The van der Waals surface area contributed by atoms with Gasteiger partial charge in [-0.1, -0.05) is 43.0 Å². The van der Waals surface area contributed by atoms with E-state index in [4.69, 9.17) is 27.9 Å². The Labute approximate surface area is 172 Å². The number of carbonyl (C=O) groups excluding carboxylic acids is 4. The summed E-state index contributed by atoms with van der Waals surface area (Å²) >= 11 is 11.8. The second-order valence-electron chi connectivity index (χ2n) is 7.10. The SMILES string of the molecule is CC1CCCCC1NC(=O)COC(=O)CN1C(=O)c2cc(Cl)c(Cl)cc2C1=O. The highest BCUT2D eigenvalue weighted by atomic mass is 35.5. The standard InChI is InChI=1S/C19H20Cl2N2O5/c1-10-4-2-3-5-15(10)22-16(24)9-28-17(25)8-23-18(26)11-6-13(20)14(21)7-12(11)19(23)27/h6-7,10,15H,2-5,8-9H2,1H3,(H,22,24). The smallest absolute Gasteiger partial charge is 0.326 e. The molecule has 2 atom stereocenters. The van der Waals surface area contributed by atoms with E-state index in [0.29, 0.717) is 5.92 Å². The van der Waals surface area contributed by atoms with Gasteiger partial charge in [0.1, 0.15) is 6.54 Å². The quantitative estimate of drug-likeness (QED) is 0.576. The van der Waals surface area contributed by atoms with Crippen molar-refractivity contribution in [1.29, 1.82) is 0 Å². The Hall–Kier alpha value is -2.12. The van der Waals surface area contributed by atoms with Crippen LogP contribution < -0.4 is 5.32 Å². The molecule has 1 aromatic carbocycles. The number of halogens is 2. The Morgan fingerprint density at radius 3 is 2.25 bits per heavy atom. The molecule has 1 N–H and O–H groups in total. The number of hydrogen-bond donors (Lipinski definition) is 1. The second-order valence-corrected chi connectivity index (χ2v) is 7.92. The molecular formula is C19H20Cl2N2O5. The molecule has 0 radical (unpaired) electrons. The number of ether oxygens (including phenoxy) is 1.